The summed E-state index contributed by atoms with van der Waals surface area (Å²) in [6.07, 6.45) is 4.74. The normalized spacial score (nSPS) is 9.07. The van der Waals surface area contributed by atoms with Crippen molar-refractivity contribution in [2.45, 2.75) is 0 Å². The van der Waals surface area contributed by atoms with Crippen LogP contribution in [-0.2, 0) is 9.59 Å². The fraction of sp³-hybridized carbons (Fsp3) is 0.200. The van der Waals surface area contributed by atoms with Gasteiger partial charge in [-0.2, -0.15) is 0 Å². The number of nitrogens with zero attached hydrogens (tertiary/aromatic N) is 1. The zero-order chi connectivity index (χ0) is 11.0. The summed E-state index contributed by atoms with van der Waals surface area (Å²) in [5.41, 5.74) is 0. The molecular weight excluding hydrogens is 205 g/mol. The van der Waals surface area contributed by atoms with Crippen LogP contribution in [0, 0.1) is 0 Å². The molecule has 4 nitrogen and oxygen atoms in total. The molecule has 1 amide bonds. The molecule has 0 spiro atoms. The van der Waals surface area contributed by atoms with E-state index in [9.17, 15) is 14.7 Å². The molecule has 0 heterocycles. The smallest absolute Gasteiger partial charge is 0.545 e. The standard InChI is InChI=1S/C10H13NO3.Na/c1-3-7-11(8-4-2)9(12)5-6-10(13)14;/h3-6H,1-2,7-8H2,(H,13,14);/q;+1/p-1/b6-5+;. The number of carboxylic acid groups (broad SMARTS) is 1. The molecule has 0 unspecified atom stereocenters. The largest absolute Gasteiger partial charge is 1.00 e. The van der Waals surface area contributed by atoms with Gasteiger partial charge in [-0.3, -0.25) is 4.79 Å². The first-order chi connectivity index (χ1) is 6.61. The Kier molecular flexibility index (Phi) is 10.7. The van der Waals surface area contributed by atoms with E-state index in [2.05, 4.69) is 13.2 Å². The number of carboxylic acids is 1. The second-order valence-electron chi connectivity index (χ2n) is 2.47. The Bertz CT molecular complexity index is 264. The number of carbonyl (C=O) groups excluding carboxylic acids is 2. The average Bonchev–Trinajstić information content (AvgIpc) is 2.14. The van der Waals surface area contributed by atoms with E-state index < -0.39 is 11.9 Å². The van der Waals surface area contributed by atoms with Crippen LogP contribution in [0.5, 0.6) is 0 Å². The Labute approximate surface area is 111 Å². The molecule has 0 aliphatic carbocycles. The molecule has 0 rings (SSSR count). The SMILES string of the molecule is C=CCN(CC=C)C(=O)/C=C/C(=O)[O-].[Na+]. The van der Waals surface area contributed by atoms with Crippen LogP contribution >= 0.6 is 0 Å². The molecule has 0 fully saturated rings. The van der Waals surface area contributed by atoms with Gasteiger partial charge in [-0.05, 0) is 6.08 Å². The fourth-order valence-electron chi connectivity index (χ4n) is 0.811. The van der Waals surface area contributed by atoms with Crippen molar-refractivity contribution >= 4 is 11.9 Å². The molecule has 0 atom stereocenters. The van der Waals surface area contributed by atoms with Gasteiger partial charge >= 0.3 is 29.6 Å². The van der Waals surface area contributed by atoms with Gasteiger partial charge in [0, 0.05) is 19.2 Å². The topological polar surface area (TPSA) is 60.4 Å². The number of rotatable bonds is 6. The van der Waals surface area contributed by atoms with E-state index in [0.717, 1.165) is 6.08 Å². The van der Waals surface area contributed by atoms with Crippen LogP contribution in [-0.4, -0.2) is 29.9 Å². The van der Waals surface area contributed by atoms with Gasteiger partial charge in [-0.1, -0.05) is 12.2 Å². The first-order valence-electron chi connectivity index (χ1n) is 4.01. The summed E-state index contributed by atoms with van der Waals surface area (Å²) in [7, 11) is 0. The van der Waals surface area contributed by atoms with E-state index in [4.69, 9.17) is 0 Å². The summed E-state index contributed by atoms with van der Waals surface area (Å²) in [6, 6.07) is 0. The van der Waals surface area contributed by atoms with Gasteiger partial charge in [0.25, 0.3) is 0 Å². The van der Waals surface area contributed by atoms with Gasteiger partial charge in [0.05, 0.1) is 5.97 Å². The maximum atomic E-state index is 11.3. The monoisotopic (exact) mass is 217 g/mol. The van der Waals surface area contributed by atoms with Gasteiger partial charge in [-0.25, -0.2) is 0 Å². The Morgan fingerprint density at radius 1 is 1.13 bits per heavy atom. The minimum absolute atomic E-state index is 0. The summed E-state index contributed by atoms with van der Waals surface area (Å²) < 4.78 is 0. The van der Waals surface area contributed by atoms with Crippen molar-refractivity contribution < 1.29 is 44.3 Å². The number of amides is 1. The van der Waals surface area contributed by atoms with E-state index in [1.165, 1.54) is 4.90 Å². The molecule has 0 aromatic heterocycles. The third kappa shape index (κ3) is 8.17. The quantitative estimate of drug-likeness (QED) is 0.263. The Morgan fingerprint density at radius 3 is 1.93 bits per heavy atom. The Balaban J connectivity index is 0. The van der Waals surface area contributed by atoms with E-state index in [-0.39, 0.29) is 29.6 Å². The van der Waals surface area contributed by atoms with Crippen LogP contribution < -0.4 is 34.7 Å². The van der Waals surface area contributed by atoms with Crippen LogP contribution in [0.1, 0.15) is 0 Å². The van der Waals surface area contributed by atoms with Crippen molar-refractivity contribution in [2.75, 3.05) is 13.1 Å². The molecule has 0 saturated heterocycles. The molecule has 0 radical (unpaired) electrons. The molecule has 0 aliphatic heterocycles. The molecule has 0 aliphatic rings. The third-order valence-corrected chi connectivity index (χ3v) is 1.37. The molecule has 0 saturated carbocycles. The summed E-state index contributed by atoms with van der Waals surface area (Å²) in [5, 5.41) is 10.0. The molecule has 0 N–H and O–H groups in total. The van der Waals surface area contributed by atoms with Crippen LogP contribution in [0.3, 0.4) is 0 Å². The average molecular weight is 217 g/mol. The maximum absolute atomic E-state index is 11.3. The van der Waals surface area contributed by atoms with Crippen LogP contribution in [0.25, 0.3) is 0 Å². The van der Waals surface area contributed by atoms with E-state index >= 15 is 0 Å². The summed E-state index contributed by atoms with van der Waals surface area (Å²) in [6.45, 7) is 7.66. The Morgan fingerprint density at radius 2 is 1.60 bits per heavy atom. The summed E-state index contributed by atoms with van der Waals surface area (Å²) >= 11 is 0. The van der Waals surface area contributed by atoms with E-state index in [1.807, 2.05) is 0 Å². The first kappa shape index (κ1) is 16.6. The molecule has 5 heteroatoms. The summed E-state index contributed by atoms with van der Waals surface area (Å²) in [4.78, 5) is 22.7. The molecule has 15 heavy (non-hydrogen) atoms. The molecule has 0 aromatic rings. The summed E-state index contributed by atoms with van der Waals surface area (Å²) in [5.74, 6) is -1.80. The number of hydrogen-bond acceptors (Lipinski definition) is 3. The molecule has 76 valence electrons. The fourth-order valence-corrected chi connectivity index (χ4v) is 0.811. The predicted octanol–water partition coefficient (Wildman–Crippen LogP) is -3.50. The van der Waals surface area contributed by atoms with E-state index in [1.54, 1.807) is 12.2 Å². The van der Waals surface area contributed by atoms with Gasteiger partial charge in [0.2, 0.25) is 5.91 Å². The van der Waals surface area contributed by atoms with Crippen molar-refractivity contribution in [2.24, 2.45) is 0 Å². The first-order valence-corrected chi connectivity index (χ1v) is 4.01. The number of hydrogen-bond donors (Lipinski definition) is 0. The van der Waals surface area contributed by atoms with Crippen LogP contribution in [0.2, 0.25) is 0 Å². The van der Waals surface area contributed by atoms with E-state index in [0.29, 0.717) is 19.2 Å². The number of carbonyl (C=O) groups is 2. The predicted molar refractivity (Wildman–Crippen MR) is 51.1 cm³/mol. The van der Waals surface area contributed by atoms with Gasteiger partial charge in [0.15, 0.2) is 0 Å². The number of aliphatic carboxylic acids is 1. The van der Waals surface area contributed by atoms with Crippen LogP contribution in [0.4, 0.5) is 0 Å². The molecular formula is C10H12NNaO3. The van der Waals surface area contributed by atoms with Crippen molar-refractivity contribution in [3.8, 4) is 0 Å². The minimum Gasteiger partial charge on any atom is -0.545 e. The van der Waals surface area contributed by atoms with Crippen LogP contribution in [0.15, 0.2) is 37.5 Å². The minimum atomic E-state index is -1.39. The third-order valence-electron chi connectivity index (χ3n) is 1.37. The zero-order valence-corrected chi connectivity index (χ0v) is 10.8. The zero-order valence-electron chi connectivity index (χ0n) is 8.81. The van der Waals surface area contributed by atoms with Crippen molar-refractivity contribution in [1.82, 2.24) is 4.90 Å². The second kappa shape index (κ2) is 9.71. The molecule has 0 aromatic carbocycles. The van der Waals surface area contributed by atoms with Gasteiger partial charge < -0.3 is 14.8 Å². The maximum Gasteiger partial charge on any atom is 1.00 e. The van der Waals surface area contributed by atoms with Crippen molar-refractivity contribution in [3.63, 3.8) is 0 Å². The molecule has 0 bridgehead atoms. The second-order valence-corrected chi connectivity index (χ2v) is 2.47. The van der Waals surface area contributed by atoms with Gasteiger partial charge in [0.1, 0.15) is 0 Å². The van der Waals surface area contributed by atoms with Crippen molar-refractivity contribution in [3.05, 3.63) is 37.5 Å². The van der Waals surface area contributed by atoms with Gasteiger partial charge in [-0.15, -0.1) is 13.2 Å². The Hall–Kier alpha value is -0.840. The van der Waals surface area contributed by atoms with Crippen molar-refractivity contribution in [1.29, 1.82) is 0 Å².